The number of hydrogen-bond donors (Lipinski definition) is 1. The first kappa shape index (κ1) is 15.6. The maximum atomic E-state index is 5.93. The number of benzene rings is 1. The Morgan fingerprint density at radius 1 is 1.44 bits per heavy atom. The van der Waals surface area contributed by atoms with Crippen molar-refractivity contribution in [1.29, 1.82) is 0 Å². The monoisotopic (exact) mass is 380 g/mol. The molecule has 0 bridgehead atoms. The smallest absolute Gasteiger partial charge is 0.289 e. The highest BCUT2D eigenvalue weighted by Gasteiger charge is 2.28. The minimum Gasteiger partial charge on any atom is -0.462 e. The van der Waals surface area contributed by atoms with Gasteiger partial charge in [0.2, 0.25) is 0 Å². The van der Waals surface area contributed by atoms with Gasteiger partial charge in [-0.05, 0) is 39.0 Å². The van der Waals surface area contributed by atoms with Crippen molar-refractivity contribution in [1.82, 2.24) is 0 Å². The molecule has 3 nitrogen and oxygen atoms in total. The molecule has 1 aromatic rings. The molecule has 0 aliphatic carbocycles. The summed E-state index contributed by atoms with van der Waals surface area (Å²) in [4.78, 5) is 4.53. The lowest BCUT2D eigenvalue weighted by Gasteiger charge is -2.31. The van der Waals surface area contributed by atoms with Crippen molar-refractivity contribution in [3.05, 3.63) is 29.3 Å². The van der Waals surface area contributed by atoms with Crippen LogP contribution in [0.2, 0.25) is 5.02 Å². The number of halogens is 2. The van der Waals surface area contributed by atoms with E-state index in [1.807, 2.05) is 24.3 Å². The lowest BCUT2D eigenvalue weighted by atomic mass is 9.97. The third kappa shape index (κ3) is 4.31. The maximum Gasteiger partial charge on any atom is 0.289 e. The number of rotatable bonds is 1. The Balaban J connectivity index is 0.00000162. The highest BCUT2D eigenvalue weighted by molar-refractivity contribution is 14.0. The Labute approximate surface area is 130 Å². The van der Waals surface area contributed by atoms with Gasteiger partial charge < -0.3 is 10.1 Å². The van der Waals surface area contributed by atoms with Gasteiger partial charge in [0.15, 0.2) is 0 Å². The molecule has 1 unspecified atom stereocenters. The van der Waals surface area contributed by atoms with Crippen LogP contribution in [0.4, 0.5) is 5.69 Å². The van der Waals surface area contributed by atoms with E-state index in [-0.39, 0.29) is 35.6 Å². The highest BCUT2D eigenvalue weighted by atomic mass is 127. The van der Waals surface area contributed by atoms with E-state index in [0.717, 1.165) is 12.1 Å². The summed E-state index contributed by atoms with van der Waals surface area (Å²) in [6.07, 6.45) is 1.09. The van der Waals surface area contributed by atoms with E-state index in [9.17, 15) is 0 Å². The summed E-state index contributed by atoms with van der Waals surface area (Å²) in [5.74, 6) is 0. The van der Waals surface area contributed by atoms with Crippen molar-refractivity contribution in [2.24, 2.45) is 4.99 Å². The average molecular weight is 381 g/mol. The molecule has 2 rings (SSSR count). The summed E-state index contributed by atoms with van der Waals surface area (Å²) in [5.41, 5.74) is 0.805. The highest BCUT2D eigenvalue weighted by Crippen LogP contribution is 2.24. The van der Waals surface area contributed by atoms with Crippen molar-refractivity contribution >= 4 is 47.3 Å². The summed E-state index contributed by atoms with van der Waals surface area (Å²) in [6, 6.07) is 8.07. The van der Waals surface area contributed by atoms with Gasteiger partial charge in [-0.25, -0.2) is 4.99 Å². The molecule has 100 valence electrons. The topological polar surface area (TPSA) is 33.6 Å². The summed E-state index contributed by atoms with van der Waals surface area (Å²) in [5, 5.41) is 3.84. The Kier molecular flexibility index (Phi) is 5.28. The van der Waals surface area contributed by atoms with Gasteiger partial charge in [-0.2, -0.15) is 0 Å². The second-order valence-corrected chi connectivity index (χ2v) is 5.43. The molecule has 0 spiro atoms. The first-order chi connectivity index (χ1) is 7.94. The molecule has 18 heavy (non-hydrogen) atoms. The molecule has 0 amide bonds. The van der Waals surface area contributed by atoms with Gasteiger partial charge in [-0.15, -0.1) is 24.0 Å². The lowest BCUT2D eigenvalue weighted by Crippen LogP contribution is -2.36. The molecule has 0 radical (unpaired) electrons. The molecular formula is C13H18ClIN2O. The molecule has 0 saturated carbocycles. The Morgan fingerprint density at radius 3 is 2.78 bits per heavy atom. The van der Waals surface area contributed by atoms with Crippen LogP contribution in [0.1, 0.15) is 27.2 Å². The number of amidine groups is 1. The number of aliphatic imine (C=N–C) groups is 1. The first-order valence-electron chi connectivity index (χ1n) is 5.74. The number of hydrogen-bond acceptors (Lipinski definition) is 3. The molecule has 1 N–H and O–H groups in total. The Hall–Kier alpha value is -0.490. The van der Waals surface area contributed by atoms with E-state index in [0.29, 0.717) is 11.0 Å². The Morgan fingerprint density at radius 2 is 2.17 bits per heavy atom. The zero-order chi connectivity index (χ0) is 12.5. The van der Waals surface area contributed by atoms with Gasteiger partial charge >= 0.3 is 0 Å². The molecule has 0 aromatic heterocycles. The second kappa shape index (κ2) is 6.10. The molecule has 0 fully saturated rings. The predicted octanol–water partition coefficient (Wildman–Crippen LogP) is 4.31. The number of nitrogens with zero attached hydrogens (tertiary/aromatic N) is 1. The van der Waals surface area contributed by atoms with E-state index in [1.54, 1.807) is 0 Å². The van der Waals surface area contributed by atoms with Crippen LogP contribution in [0, 0.1) is 0 Å². The second-order valence-electron chi connectivity index (χ2n) is 5.00. The molecule has 1 heterocycles. The zero-order valence-corrected chi connectivity index (χ0v) is 13.8. The molecule has 1 atom stereocenters. The van der Waals surface area contributed by atoms with Crippen molar-refractivity contribution in [3.8, 4) is 0 Å². The largest absolute Gasteiger partial charge is 0.462 e. The Bertz CT molecular complexity index is 448. The van der Waals surface area contributed by atoms with Gasteiger partial charge in [-0.3, -0.25) is 0 Å². The van der Waals surface area contributed by atoms with Crippen LogP contribution in [-0.2, 0) is 4.74 Å². The van der Waals surface area contributed by atoms with Crippen molar-refractivity contribution in [3.63, 3.8) is 0 Å². The van der Waals surface area contributed by atoms with Crippen molar-refractivity contribution in [2.45, 2.75) is 38.8 Å². The van der Waals surface area contributed by atoms with Crippen LogP contribution in [-0.4, -0.2) is 17.7 Å². The summed E-state index contributed by atoms with van der Waals surface area (Å²) in [6.45, 7) is 6.26. The van der Waals surface area contributed by atoms with Gasteiger partial charge in [0.1, 0.15) is 6.10 Å². The van der Waals surface area contributed by atoms with Crippen LogP contribution in [0.3, 0.4) is 0 Å². The van der Waals surface area contributed by atoms with E-state index in [4.69, 9.17) is 16.3 Å². The minimum atomic E-state index is -0.0847. The van der Waals surface area contributed by atoms with Gasteiger partial charge in [-0.1, -0.05) is 17.7 Å². The summed E-state index contributed by atoms with van der Waals surface area (Å²) >= 11 is 5.93. The third-order valence-corrected chi connectivity index (χ3v) is 2.82. The van der Waals surface area contributed by atoms with E-state index < -0.39 is 0 Å². The zero-order valence-electron chi connectivity index (χ0n) is 10.7. The SMILES string of the molecule is CC1CC(C)(C)N=C(Nc2cccc(Cl)c2)O1.I. The molecule has 0 saturated heterocycles. The van der Waals surface area contributed by atoms with Crippen LogP contribution < -0.4 is 5.32 Å². The van der Waals surface area contributed by atoms with E-state index in [2.05, 4.69) is 31.1 Å². The lowest BCUT2D eigenvalue weighted by molar-refractivity contribution is 0.144. The van der Waals surface area contributed by atoms with Gasteiger partial charge in [0.05, 0.1) is 5.54 Å². The first-order valence-corrected chi connectivity index (χ1v) is 6.11. The van der Waals surface area contributed by atoms with Crippen molar-refractivity contribution in [2.75, 3.05) is 5.32 Å². The molecule has 1 aliphatic rings. The quantitative estimate of drug-likeness (QED) is 0.736. The van der Waals surface area contributed by atoms with E-state index in [1.165, 1.54) is 0 Å². The number of nitrogens with one attached hydrogen (secondary N) is 1. The molecule has 5 heteroatoms. The standard InChI is InChI=1S/C13H17ClN2O.HI/c1-9-8-13(2,3)16-12(17-9)15-11-6-4-5-10(14)7-11;/h4-7,9H,8H2,1-3H3,(H,15,16);1H. The fourth-order valence-corrected chi connectivity index (χ4v) is 2.22. The molecule has 1 aromatic carbocycles. The van der Waals surface area contributed by atoms with Crippen LogP contribution in [0.25, 0.3) is 0 Å². The number of ether oxygens (including phenoxy) is 1. The van der Waals surface area contributed by atoms with Gasteiger partial charge in [0, 0.05) is 17.1 Å². The average Bonchev–Trinajstić information content (AvgIpc) is 2.13. The normalized spacial score (nSPS) is 21.3. The number of anilines is 1. The summed E-state index contributed by atoms with van der Waals surface area (Å²) < 4.78 is 5.66. The predicted molar refractivity (Wildman–Crippen MR) is 87.2 cm³/mol. The van der Waals surface area contributed by atoms with Crippen LogP contribution >= 0.6 is 35.6 Å². The van der Waals surface area contributed by atoms with Crippen molar-refractivity contribution < 1.29 is 4.74 Å². The van der Waals surface area contributed by atoms with E-state index >= 15 is 0 Å². The van der Waals surface area contributed by atoms with Crippen LogP contribution in [0.15, 0.2) is 29.3 Å². The molecular weight excluding hydrogens is 363 g/mol. The minimum absolute atomic E-state index is 0. The third-order valence-electron chi connectivity index (χ3n) is 2.58. The fourth-order valence-electron chi connectivity index (χ4n) is 2.03. The summed E-state index contributed by atoms with van der Waals surface area (Å²) in [7, 11) is 0. The van der Waals surface area contributed by atoms with Gasteiger partial charge in [0.25, 0.3) is 6.02 Å². The van der Waals surface area contributed by atoms with Crippen LogP contribution in [0.5, 0.6) is 0 Å². The maximum absolute atomic E-state index is 5.93. The molecule has 1 aliphatic heterocycles. The fraction of sp³-hybridized carbons (Fsp3) is 0.462.